The second kappa shape index (κ2) is 6.51. The molecule has 0 saturated heterocycles. The minimum atomic E-state index is -1.12. The number of carboxylic acid groups (broad SMARTS) is 1. The van der Waals surface area contributed by atoms with Gasteiger partial charge in [0.15, 0.2) is 0 Å². The van der Waals surface area contributed by atoms with Crippen molar-refractivity contribution in [1.29, 1.82) is 0 Å². The van der Waals surface area contributed by atoms with Gasteiger partial charge in [-0.25, -0.2) is 20.2 Å². The molecule has 1 aromatic carbocycles. The lowest BCUT2D eigenvalue weighted by Crippen LogP contribution is -2.35. The van der Waals surface area contributed by atoms with Crippen molar-refractivity contribution in [2.45, 2.75) is 20.4 Å². The maximum absolute atomic E-state index is 10.4. The van der Waals surface area contributed by atoms with Crippen LogP contribution in [-0.2, 0) is 6.54 Å². The van der Waals surface area contributed by atoms with Crippen LogP contribution in [0.25, 0.3) is 11.3 Å². The lowest BCUT2D eigenvalue weighted by molar-refractivity contribution is 0.189. The second-order valence-electron chi connectivity index (χ2n) is 4.60. The summed E-state index contributed by atoms with van der Waals surface area (Å²) in [7, 11) is 0. The molecule has 110 valence electrons. The van der Waals surface area contributed by atoms with Crippen LogP contribution in [0.2, 0.25) is 5.28 Å². The van der Waals surface area contributed by atoms with Gasteiger partial charge in [0.1, 0.15) is 0 Å². The molecule has 0 aliphatic carbocycles. The summed E-state index contributed by atoms with van der Waals surface area (Å²) in [4.78, 5) is 18.6. The Labute approximate surface area is 127 Å². The van der Waals surface area contributed by atoms with Gasteiger partial charge in [-0.3, -0.25) is 5.43 Å². The summed E-state index contributed by atoms with van der Waals surface area (Å²) in [5.74, 6) is 0. The first-order valence-electron chi connectivity index (χ1n) is 6.28. The quantitative estimate of drug-likeness (QED) is 0.597. The summed E-state index contributed by atoms with van der Waals surface area (Å²) in [5.41, 5.74) is 9.44. The molecule has 0 fully saturated rings. The highest BCUT2D eigenvalue weighted by Gasteiger charge is 2.08. The number of rotatable bonds is 4. The Bertz CT molecular complexity index is 676. The molecule has 1 heterocycles. The molecule has 2 aromatic rings. The number of halogens is 1. The third-order valence-corrected chi connectivity index (χ3v) is 3.21. The van der Waals surface area contributed by atoms with Crippen molar-refractivity contribution in [3.63, 3.8) is 0 Å². The minimum absolute atomic E-state index is 0.213. The number of nitrogens with one attached hydrogen (secondary N) is 2. The Morgan fingerprint density at radius 1 is 1.33 bits per heavy atom. The number of carbonyl (C=O) groups is 1. The van der Waals surface area contributed by atoms with Gasteiger partial charge in [-0.1, -0.05) is 12.1 Å². The highest BCUT2D eigenvalue weighted by atomic mass is 35.5. The molecule has 1 aromatic heterocycles. The van der Waals surface area contributed by atoms with Gasteiger partial charge >= 0.3 is 6.09 Å². The number of benzene rings is 1. The summed E-state index contributed by atoms with van der Waals surface area (Å²) in [6.07, 6.45) is 0.571. The number of nitrogens with zero attached hydrogens (tertiary/aromatic N) is 2. The summed E-state index contributed by atoms with van der Waals surface area (Å²) in [6.45, 7) is 4.29. The van der Waals surface area contributed by atoms with E-state index in [2.05, 4.69) is 20.8 Å². The van der Waals surface area contributed by atoms with Gasteiger partial charge in [0.25, 0.3) is 0 Å². The van der Waals surface area contributed by atoms with Crippen molar-refractivity contribution >= 4 is 17.7 Å². The fourth-order valence-corrected chi connectivity index (χ4v) is 2.10. The van der Waals surface area contributed by atoms with E-state index in [1.165, 1.54) is 0 Å². The summed E-state index contributed by atoms with van der Waals surface area (Å²) in [6, 6.07) is 5.84. The normalized spacial score (nSPS) is 10.4. The van der Waals surface area contributed by atoms with Crippen molar-refractivity contribution in [2.24, 2.45) is 0 Å². The first-order valence-corrected chi connectivity index (χ1v) is 6.66. The first-order chi connectivity index (χ1) is 9.97. The van der Waals surface area contributed by atoms with E-state index in [9.17, 15) is 4.79 Å². The predicted octanol–water partition coefficient (Wildman–Crippen LogP) is 2.69. The molecular formula is C14H15ClN4O2. The lowest BCUT2D eigenvalue weighted by Gasteiger charge is -2.10. The van der Waals surface area contributed by atoms with Gasteiger partial charge < -0.3 is 5.11 Å². The largest absolute Gasteiger partial charge is 0.464 e. The zero-order valence-electron chi connectivity index (χ0n) is 11.6. The van der Waals surface area contributed by atoms with Crippen LogP contribution in [0.3, 0.4) is 0 Å². The molecule has 0 atom stereocenters. The van der Waals surface area contributed by atoms with Crippen molar-refractivity contribution in [3.8, 4) is 11.3 Å². The average Bonchev–Trinajstić information content (AvgIpc) is 2.43. The number of hydrazine groups is 1. The van der Waals surface area contributed by atoms with Crippen LogP contribution in [0.5, 0.6) is 0 Å². The SMILES string of the molecule is Cc1cc(-c2nc(Cl)ncc2C)ccc1CNNC(=O)O. The molecule has 0 unspecified atom stereocenters. The van der Waals surface area contributed by atoms with Gasteiger partial charge in [-0.15, -0.1) is 0 Å². The van der Waals surface area contributed by atoms with Crippen molar-refractivity contribution in [2.75, 3.05) is 0 Å². The smallest absolute Gasteiger partial charge is 0.419 e. The number of aromatic nitrogens is 2. The molecule has 0 spiro atoms. The number of hydrogen-bond acceptors (Lipinski definition) is 4. The second-order valence-corrected chi connectivity index (χ2v) is 4.93. The molecule has 0 aliphatic rings. The maximum Gasteiger partial charge on any atom is 0.419 e. The third-order valence-electron chi connectivity index (χ3n) is 3.03. The van der Waals surface area contributed by atoms with E-state index in [0.29, 0.717) is 6.54 Å². The van der Waals surface area contributed by atoms with E-state index in [0.717, 1.165) is 27.9 Å². The number of hydrogen-bond donors (Lipinski definition) is 3. The summed E-state index contributed by atoms with van der Waals surface area (Å²) < 4.78 is 0. The monoisotopic (exact) mass is 306 g/mol. The van der Waals surface area contributed by atoms with Crippen LogP contribution >= 0.6 is 11.6 Å². The van der Waals surface area contributed by atoms with Crippen LogP contribution in [0.15, 0.2) is 24.4 Å². The Morgan fingerprint density at radius 3 is 2.76 bits per heavy atom. The zero-order chi connectivity index (χ0) is 15.4. The van der Waals surface area contributed by atoms with E-state index >= 15 is 0 Å². The Morgan fingerprint density at radius 2 is 2.10 bits per heavy atom. The molecule has 0 saturated carbocycles. The van der Waals surface area contributed by atoms with Gasteiger partial charge in [-0.05, 0) is 48.2 Å². The first kappa shape index (κ1) is 15.2. The maximum atomic E-state index is 10.4. The van der Waals surface area contributed by atoms with Crippen LogP contribution in [0, 0.1) is 13.8 Å². The Balaban J connectivity index is 2.22. The molecule has 6 nitrogen and oxygen atoms in total. The van der Waals surface area contributed by atoms with E-state index in [-0.39, 0.29) is 5.28 Å². The Kier molecular flexibility index (Phi) is 4.72. The van der Waals surface area contributed by atoms with E-state index in [4.69, 9.17) is 16.7 Å². The van der Waals surface area contributed by atoms with Crippen LogP contribution in [-0.4, -0.2) is 21.2 Å². The van der Waals surface area contributed by atoms with Crippen molar-refractivity contribution in [1.82, 2.24) is 20.8 Å². The van der Waals surface area contributed by atoms with Gasteiger partial charge in [-0.2, -0.15) is 0 Å². The fourth-order valence-electron chi connectivity index (χ4n) is 1.97. The lowest BCUT2D eigenvalue weighted by atomic mass is 10.0. The minimum Gasteiger partial charge on any atom is -0.464 e. The molecular weight excluding hydrogens is 292 g/mol. The third kappa shape index (κ3) is 3.90. The van der Waals surface area contributed by atoms with E-state index < -0.39 is 6.09 Å². The highest BCUT2D eigenvalue weighted by molar-refractivity contribution is 6.28. The molecule has 0 aliphatic heterocycles. The fraction of sp³-hybridized carbons (Fsp3) is 0.214. The summed E-state index contributed by atoms with van der Waals surface area (Å²) in [5, 5.41) is 8.72. The molecule has 21 heavy (non-hydrogen) atoms. The average molecular weight is 307 g/mol. The molecule has 7 heteroatoms. The van der Waals surface area contributed by atoms with Crippen molar-refractivity contribution < 1.29 is 9.90 Å². The Hall–Kier alpha value is -2.18. The zero-order valence-corrected chi connectivity index (χ0v) is 12.4. The molecule has 2 rings (SSSR count). The van der Waals surface area contributed by atoms with E-state index in [1.54, 1.807) is 6.20 Å². The molecule has 1 amide bonds. The molecule has 0 radical (unpaired) electrons. The van der Waals surface area contributed by atoms with Crippen LogP contribution in [0.1, 0.15) is 16.7 Å². The number of aryl methyl sites for hydroxylation is 2. The highest BCUT2D eigenvalue weighted by Crippen LogP contribution is 2.24. The summed E-state index contributed by atoms with van der Waals surface area (Å²) >= 11 is 5.84. The molecule has 0 bridgehead atoms. The van der Waals surface area contributed by atoms with E-state index in [1.807, 2.05) is 32.0 Å². The van der Waals surface area contributed by atoms with Gasteiger partial charge in [0.2, 0.25) is 5.28 Å². The van der Waals surface area contributed by atoms with Crippen molar-refractivity contribution in [3.05, 3.63) is 46.4 Å². The van der Waals surface area contributed by atoms with Crippen LogP contribution < -0.4 is 10.9 Å². The topological polar surface area (TPSA) is 87.1 Å². The van der Waals surface area contributed by atoms with Crippen LogP contribution in [0.4, 0.5) is 4.79 Å². The van der Waals surface area contributed by atoms with Gasteiger partial charge in [0.05, 0.1) is 5.69 Å². The predicted molar refractivity (Wildman–Crippen MR) is 80.0 cm³/mol. The standard InChI is InChI=1S/C14H15ClN4O2/c1-8-5-10(12-9(2)6-16-13(15)18-12)3-4-11(8)7-17-19-14(20)21/h3-6,17,19H,7H2,1-2H3,(H,20,21). The molecule has 3 N–H and O–H groups in total. The number of amides is 1. The van der Waals surface area contributed by atoms with Gasteiger partial charge in [0, 0.05) is 18.3 Å².